The van der Waals surface area contributed by atoms with Crippen molar-refractivity contribution in [1.29, 1.82) is 0 Å². The number of fused-ring (bicyclic) bond motifs is 1. The van der Waals surface area contributed by atoms with E-state index in [1.165, 1.54) is 0 Å². The van der Waals surface area contributed by atoms with E-state index in [2.05, 4.69) is 15.3 Å². The molecule has 0 unspecified atom stereocenters. The second kappa shape index (κ2) is 6.17. The topological polar surface area (TPSA) is 76.0 Å². The fourth-order valence-electron chi connectivity index (χ4n) is 2.10. The van der Waals surface area contributed by atoms with Crippen LogP contribution in [0.2, 0.25) is 0 Å². The minimum absolute atomic E-state index is 0.671. The number of hydrogen-bond acceptors (Lipinski definition) is 4. The molecule has 0 radical (unpaired) electrons. The van der Waals surface area contributed by atoms with Crippen LogP contribution in [0.1, 0.15) is 6.42 Å². The lowest BCUT2D eigenvalue weighted by Crippen LogP contribution is -2.08. The van der Waals surface area contributed by atoms with Gasteiger partial charge in [-0.25, -0.2) is 4.98 Å². The predicted molar refractivity (Wildman–Crippen MR) is 85.5 cm³/mol. The molecule has 0 spiro atoms. The summed E-state index contributed by atoms with van der Waals surface area (Å²) in [6.07, 6.45) is 0.897. The Morgan fingerprint density at radius 1 is 1.14 bits per heavy atom. The van der Waals surface area contributed by atoms with Gasteiger partial charge in [0.25, 0.3) is 0 Å². The molecule has 0 fully saturated rings. The van der Waals surface area contributed by atoms with E-state index in [0.29, 0.717) is 6.61 Å². The van der Waals surface area contributed by atoms with Crippen molar-refractivity contribution in [3.8, 4) is 5.75 Å². The summed E-state index contributed by atoms with van der Waals surface area (Å²) in [7, 11) is 0. The highest BCUT2D eigenvalue weighted by atomic mass is 16.5. The van der Waals surface area contributed by atoms with Crippen molar-refractivity contribution in [3.05, 3.63) is 48.5 Å². The SMILES string of the molecule is Nc1ccc2nc(NCCCOc3ccccc3)[nH]c2c1. The van der Waals surface area contributed by atoms with Gasteiger partial charge in [0.1, 0.15) is 5.75 Å². The van der Waals surface area contributed by atoms with Crippen molar-refractivity contribution >= 4 is 22.7 Å². The van der Waals surface area contributed by atoms with Gasteiger partial charge in [-0.05, 0) is 36.8 Å². The van der Waals surface area contributed by atoms with Gasteiger partial charge in [0, 0.05) is 12.2 Å². The van der Waals surface area contributed by atoms with Gasteiger partial charge in [-0.15, -0.1) is 0 Å². The molecule has 3 aromatic rings. The fourth-order valence-corrected chi connectivity index (χ4v) is 2.10. The number of nitrogens with one attached hydrogen (secondary N) is 2. The lowest BCUT2D eigenvalue weighted by molar-refractivity contribution is 0.315. The van der Waals surface area contributed by atoms with Crippen molar-refractivity contribution in [3.63, 3.8) is 0 Å². The maximum Gasteiger partial charge on any atom is 0.201 e. The van der Waals surface area contributed by atoms with E-state index in [-0.39, 0.29) is 0 Å². The third-order valence-corrected chi connectivity index (χ3v) is 3.13. The first-order chi connectivity index (χ1) is 10.3. The molecule has 5 heteroatoms. The standard InChI is InChI=1S/C16H18N4O/c17-12-7-8-14-15(11-12)20-16(19-14)18-9-4-10-21-13-5-2-1-3-6-13/h1-3,5-8,11H,4,9-10,17H2,(H2,18,19,20). The van der Waals surface area contributed by atoms with Crippen LogP contribution in [0.3, 0.4) is 0 Å². The zero-order chi connectivity index (χ0) is 14.5. The largest absolute Gasteiger partial charge is 0.494 e. The van der Waals surface area contributed by atoms with Crippen molar-refractivity contribution in [1.82, 2.24) is 9.97 Å². The summed E-state index contributed by atoms with van der Waals surface area (Å²) in [5.74, 6) is 1.66. The zero-order valence-corrected chi connectivity index (χ0v) is 11.7. The number of rotatable bonds is 6. The van der Waals surface area contributed by atoms with Gasteiger partial charge in [0.05, 0.1) is 17.6 Å². The number of aromatic nitrogens is 2. The Labute approximate surface area is 123 Å². The maximum atomic E-state index is 5.74. The average Bonchev–Trinajstić information content (AvgIpc) is 2.90. The number of para-hydroxylation sites is 1. The van der Waals surface area contributed by atoms with Crippen LogP contribution < -0.4 is 15.8 Å². The summed E-state index contributed by atoms with van der Waals surface area (Å²) < 4.78 is 5.63. The highest BCUT2D eigenvalue weighted by molar-refractivity contribution is 5.80. The van der Waals surface area contributed by atoms with Crippen molar-refractivity contribution in [2.75, 3.05) is 24.2 Å². The van der Waals surface area contributed by atoms with Gasteiger partial charge >= 0.3 is 0 Å². The Bertz CT molecular complexity index is 709. The highest BCUT2D eigenvalue weighted by Gasteiger charge is 2.02. The Morgan fingerprint density at radius 2 is 2.00 bits per heavy atom. The fraction of sp³-hybridized carbons (Fsp3) is 0.188. The molecule has 0 aliphatic carbocycles. The van der Waals surface area contributed by atoms with E-state index < -0.39 is 0 Å². The highest BCUT2D eigenvalue weighted by Crippen LogP contribution is 2.17. The Morgan fingerprint density at radius 3 is 2.86 bits per heavy atom. The van der Waals surface area contributed by atoms with Crippen LogP contribution in [-0.4, -0.2) is 23.1 Å². The van der Waals surface area contributed by atoms with E-state index >= 15 is 0 Å². The number of nitrogens with zero attached hydrogens (tertiary/aromatic N) is 1. The van der Waals surface area contributed by atoms with Crippen molar-refractivity contribution in [2.24, 2.45) is 0 Å². The lowest BCUT2D eigenvalue weighted by Gasteiger charge is -2.06. The molecule has 21 heavy (non-hydrogen) atoms. The van der Waals surface area contributed by atoms with Gasteiger partial charge < -0.3 is 20.8 Å². The van der Waals surface area contributed by atoms with Crippen LogP contribution in [0.25, 0.3) is 11.0 Å². The summed E-state index contributed by atoms with van der Waals surface area (Å²) in [5, 5.41) is 3.25. The third-order valence-electron chi connectivity index (χ3n) is 3.13. The van der Waals surface area contributed by atoms with Crippen LogP contribution in [0.15, 0.2) is 48.5 Å². The molecule has 3 rings (SSSR count). The molecule has 2 aromatic carbocycles. The summed E-state index contributed by atoms with van der Waals surface area (Å²) in [4.78, 5) is 7.65. The second-order valence-corrected chi connectivity index (χ2v) is 4.80. The monoisotopic (exact) mass is 282 g/mol. The zero-order valence-electron chi connectivity index (χ0n) is 11.7. The number of nitrogens with two attached hydrogens (primary N) is 1. The van der Waals surface area contributed by atoms with Gasteiger partial charge in [0.15, 0.2) is 0 Å². The quantitative estimate of drug-likeness (QED) is 0.480. The van der Waals surface area contributed by atoms with Gasteiger partial charge in [0.2, 0.25) is 5.95 Å². The van der Waals surface area contributed by atoms with Crippen LogP contribution in [0, 0.1) is 0 Å². The van der Waals surface area contributed by atoms with E-state index in [4.69, 9.17) is 10.5 Å². The van der Waals surface area contributed by atoms with Gasteiger partial charge in [-0.3, -0.25) is 0 Å². The summed E-state index contributed by atoms with van der Waals surface area (Å²) in [5.41, 5.74) is 8.33. The summed E-state index contributed by atoms with van der Waals surface area (Å²) in [6, 6.07) is 15.5. The Hall–Kier alpha value is -2.69. The molecule has 4 N–H and O–H groups in total. The first kappa shape index (κ1) is 13.3. The summed E-state index contributed by atoms with van der Waals surface area (Å²) >= 11 is 0. The summed E-state index contributed by atoms with van der Waals surface area (Å²) in [6.45, 7) is 1.46. The van der Waals surface area contributed by atoms with Crippen molar-refractivity contribution in [2.45, 2.75) is 6.42 Å². The van der Waals surface area contributed by atoms with E-state index in [9.17, 15) is 0 Å². The molecular weight excluding hydrogens is 264 g/mol. The second-order valence-electron chi connectivity index (χ2n) is 4.80. The number of benzene rings is 2. The first-order valence-electron chi connectivity index (χ1n) is 6.98. The molecule has 0 saturated carbocycles. The lowest BCUT2D eigenvalue weighted by atomic mass is 10.3. The minimum atomic E-state index is 0.671. The number of aromatic amines is 1. The average molecular weight is 282 g/mol. The molecule has 5 nitrogen and oxygen atoms in total. The molecule has 0 aliphatic rings. The molecule has 108 valence electrons. The molecule has 0 amide bonds. The molecule has 0 aliphatic heterocycles. The number of ether oxygens (including phenoxy) is 1. The number of nitrogen functional groups attached to an aromatic ring is 1. The predicted octanol–water partition coefficient (Wildman–Crippen LogP) is 3.03. The van der Waals surface area contributed by atoms with Crippen LogP contribution >= 0.6 is 0 Å². The van der Waals surface area contributed by atoms with Crippen molar-refractivity contribution < 1.29 is 4.74 Å². The molecular formula is C16H18N4O. The molecule has 0 saturated heterocycles. The van der Waals surface area contributed by atoms with E-state index in [0.717, 1.165) is 41.4 Å². The third kappa shape index (κ3) is 3.45. The molecule has 1 heterocycles. The van der Waals surface area contributed by atoms with E-state index in [1.807, 2.05) is 48.5 Å². The number of hydrogen-bond donors (Lipinski definition) is 3. The Kier molecular flexibility index (Phi) is 3.91. The molecule has 0 bridgehead atoms. The molecule has 0 atom stereocenters. The number of H-pyrrole nitrogens is 1. The normalized spacial score (nSPS) is 10.7. The Balaban J connectivity index is 1.46. The van der Waals surface area contributed by atoms with Gasteiger partial charge in [-0.1, -0.05) is 18.2 Å². The van der Waals surface area contributed by atoms with Crippen LogP contribution in [-0.2, 0) is 0 Å². The van der Waals surface area contributed by atoms with Crippen LogP contribution in [0.5, 0.6) is 5.75 Å². The molecule has 1 aromatic heterocycles. The van der Waals surface area contributed by atoms with Gasteiger partial charge in [-0.2, -0.15) is 0 Å². The van der Waals surface area contributed by atoms with E-state index in [1.54, 1.807) is 0 Å². The first-order valence-corrected chi connectivity index (χ1v) is 6.98. The van der Waals surface area contributed by atoms with Crippen LogP contribution in [0.4, 0.5) is 11.6 Å². The number of imidazole rings is 1. The number of anilines is 2. The maximum absolute atomic E-state index is 5.74. The smallest absolute Gasteiger partial charge is 0.201 e. The minimum Gasteiger partial charge on any atom is -0.494 e.